The van der Waals surface area contributed by atoms with Crippen LogP contribution in [0.5, 0.6) is 0 Å². The quantitative estimate of drug-likeness (QED) is 0.206. The van der Waals surface area contributed by atoms with Crippen molar-refractivity contribution in [3.05, 3.63) is 77.1 Å². The number of aryl methyl sites for hydroxylation is 2. The Kier molecular flexibility index (Phi) is 8.73. The summed E-state index contributed by atoms with van der Waals surface area (Å²) in [5, 5.41) is 1.28. The topological polar surface area (TPSA) is 70.1 Å². The van der Waals surface area contributed by atoms with E-state index >= 15 is 0 Å². The van der Waals surface area contributed by atoms with Gasteiger partial charge in [0, 0.05) is 36.3 Å². The molecule has 0 saturated heterocycles. The van der Waals surface area contributed by atoms with Gasteiger partial charge in [0.25, 0.3) is 0 Å². The van der Waals surface area contributed by atoms with Gasteiger partial charge in [0.05, 0.1) is 23.5 Å². The fraction of sp³-hybridized carbons (Fsp3) is 0.412. The monoisotopic (exact) mass is 525 g/mol. The van der Waals surface area contributed by atoms with E-state index < -0.39 is 6.04 Å². The highest BCUT2D eigenvalue weighted by atomic mass is 16.5. The van der Waals surface area contributed by atoms with E-state index in [1.165, 1.54) is 22.2 Å². The Morgan fingerprint density at radius 3 is 2.51 bits per heavy atom. The second-order valence-corrected chi connectivity index (χ2v) is 11.5. The Bertz CT molecular complexity index is 1470. The zero-order chi connectivity index (χ0) is 28.3. The SMILES string of the molecule is CCn1c(-c2cc(C)cnc2C(C)OC)c(CC(C)(C)CC)c2cc(-c3cccc(CC(N)C=O)c3)ccc21. The zero-order valence-electron chi connectivity index (χ0n) is 24.5. The van der Waals surface area contributed by atoms with Gasteiger partial charge in [-0.1, -0.05) is 57.5 Å². The van der Waals surface area contributed by atoms with Crippen molar-refractivity contribution in [3.63, 3.8) is 0 Å². The van der Waals surface area contributed by atoms with E-state index in [9.17, 15) is 4.79 Å². The summed E-state index contributed by atoms with van der Waals surface area (Å²) in [5.74, 6) is 0. The molecule has 4 aromatic rings. The third-order valence-corrected chi connectivity index (χ3v) is 8.05. The molecule has 2 aromatic carbocycles. The number of aromatic nitrogens is 2. The minimum absolute atomic E-state index is 0.119. The summed E-state index contributed by atoms with van der Waals surface area (Å²) in [5.41, 5.74) is 16.5. The summed E-state index contributed by atoms with van der Waals surface area (Å²) >= 11 is 0. The third kappa shape index (κ3) is 6.00. The van der Waals surface area contributed by atoms with Gasteiger partial charge in [0.15, 0.2) is 0 Å². The Morgan fingerprint density at radius 1 is 1.10 bits per heavy atom. The summed E-state index contributed by atoms with van der Waals surface area (Å²) in [6, 6.07) is 17.0. The number of carbonyl (C=O) groups excluding carboxylic acids is 1. The van der Waals surface area contributed by atoms with E-state index in [1.54, 1.807) is 7.11 Å². The number of benzene rings is 2. The van der Waals surface area contributed by atoms with Crippen molar-refractivity contribution < 1.29 is 9.53 Å². The second kappa shape index (κ2) is 11.8. The fourth-order valence-electron chi connectivity index (χ4n) is 5.43. The van der Waals surface area contributed by atoms with Crippen LogP contribution in [0.2, 0.25) is 0 Å². The maximum absolute atomic E-state index is 11.1. The molecule has 2 N–H and O–H groups in total. The standard InChI is InChI=1S/C34H43N3O2/c1-8-34(5,6)19-30-28-18-26(25-12-10-11-24(16-25)17-27(35)21-38)13-14-31(28)37(9-2)33(30)29-15-22(3)20-36-32(29)23(4)39-7/h10-16,18,20-21,23,27H,8-9,17,19,35H2,1-7H3. The van der Waals surface area contributed by atoms with Gasteiger partial charge >= 0.3 is 0 Å². The van der Waals surface area contributed by atoms with Crippen molar-refractivity contribution in [1.82, 2.24) is 9.55 Å². The minimum Gasteiger partial charge on any atom is -0.375 e. The number of hydrogen-bond donors (Lipinski definition) is 1. The molecule has 0 saturated carbocycles. The summed E-state index contributed by atoms with van der Waals surface area (Å²) < 4.78 is 8.22. The van der Waals surface area contributed by atoms with Gasteiger partial charge in [-0.2, -0.15) is 0 Å². The van der Waals surface area contributed by atoms with Crippen molar-refractivity contribution >= 4 is 17.2 Å². The van der Waals surface area contributed by atoms with Crippen LogP contribution < -0.4 is 5.73 Å². The molecule has 206 valence electrons. The summed E-state index contributed by atoms with van der Waals surface area (Å²) in [4.78, 5) is 16.0. The number of fused-ring (bicyclic) bond motifs is 1. The van der Waals surface area contributed by atoms with Crippen LogP contribution in [0.1, 0.15) is 69.5 Å². The predicted molar refractivity (Wildman–Crippen MR) is 162 cm³/mol. The van der Waals surface area contributed by atoms with Gasteiger partial charge in [-0.25, -0.2) is 0 Å². The first-order valence-corrected chi connectivity index (χ1v) is 14.1. The van der Waals surface area contributed by atoms with E-state index in [2.05, 4.69) is 82.5 Å². The Morgan fingerprint density at radius 2 is 1.85 bits per heavy atom. The summed E-state index contributed by atoms with van der Waals surface area (Å²) in [7, 11) is 1.74. The molecule has 2 heterocycles. The smallest absolute Gasteiger partial charge is 0.137 e. The Hall–Kier alpha value is -3.28. The molecule has 0 fully saturated rings. The van der Waals surface area contributed by atoms with Gasteiger partial charge in [0.2, 0.25) is 0 Å². The molecule has 0 aliphatic carbocycles. The maximum atomic E-state index is 11.1. The maximum Gasteiger partial charge on any atom is 0.137 e. The predicted octanol–water partition coefficient (Wildman–Crippen LogP) is 7.45. The van der Waals surface area contributed by atoms with E-state index in [4.69, 9.17) is 15.5 Å². The number of carbonyl (C=O) groups is 1. The van der Waals surface area contributed by atoms with Crippen molar-refractivity contribution in [2.45, 2.75) is 79.5 Å². The highest BCUT2D eigenvalue weighted by Crippen LogP contribution is 2.42. The average Bonchev–Trinajstić information content (AvgIpc) is 3.24. The molecule has 5 nitrogen and oxygen atoms in total. The van der Waals surface area contributed by atoms with Crippen LogP contribution in [0, 0.1) is 12.3 Å². The molecular formula is C34H43N3O2. The molecule has 2 atom stereocenters. The van der Waals surface area contributed by atoms with Crippen molar-refractivity contribution in [2.24, 2.45) is 11.1 Å². The number of ether oxygens (including phenoxy) is 1. The van der Waals surface area contributed by atoms with E-state index in [0.717, 1.165) is 59.2 Å². The highest BCUT2D eigenvalue weighted by Gasteiger charge is 2.27. The van der Waals surface area contributed by atoms with Crippen LogP contribution in [0.25, 0.3) is 33.3 Å². The number of nitrogens with zero attached hydrogens (tertiary/aromatic N) is 2. The first kappa shape index (κ1) is 28.7. The van der Waals surface area contributed by atoms with Crippen LogP contribution in [0.15, 0.2) is 54.7 Å². The van der Waals surface area contributed by atoms with Gasteiger partial charge in [0.1, 0.15) is 6.29 Å². The summed E-state index contributed by atoms with van der Waals surface area (Å²) in [6.45, 7) is 14.2. The number of hydrogen-bond acceptors (Lipinski definition) is 4. The van der Waals surface area contributed by atoms with Crippen molar-refractivity contribution in [2.75, 3.05) is 7.11 Å². The van der Waals surface area contributed by atoms with Crippen LogP contribution in [-0.2, 0) is 28.9 Å². The number of nitrogens with two attached hydrogens (primary N) is 1. The molecule has 0 aliphatic heterocycles. The lowest BCUT2D eigenvalue weighted by atomic mass is 9.81. The molecule has 4 rings (SSSR count). The first-order valence-electron chi connectivity index (χ1n) is 14.1. The first-order chi connectivity index (χ1) is 18.6. The third-order valence-electron chi connectivity index (χ3n) is 8.05. The van der Waals surface area contributed by atoms with Gasteiger partial charge < -0.3 is 19.8 Å². The molecule has 0 radical (unpaired) electrons. The largest absolute Gasteiger partial charge is 0.375 e. The zero-order valence-corrected chi connectivity index (χ0v) is 24.5. The van der Waals surface area contributed by atoms with Gasteiger partial charge in [-0.3, -0.25) is 4.98 Å². The summed E-state index contributed by atoms with van der Waals surface area (Å²) in [6.07, 6.45) is 5.20. The lowest BCUT2D eigenvalue weighted by Gasteiger charge is -2.24. The van der Waals surface area contributed by atoms with Crippen LogP contribution in [0.4, 0.5) is 0 Å². The molecule has 2 unspecified atom stereocenters. The lowest BCUT2D eigenvalue weighted by Crippen LogP contribution is -2.23. The average molecular weight is 526 g/mol. The Balaban J connectivity index is 2.00. The van der Waals surface area contributed by atoms with Crippen LogP contribution >= 0.6 is 0 Å². The molecule has 0 aliphatic rings. The van der Waals surface area contributed by atoms with Crippen molar-refractivity contribution in [1.29, 1.82) is 0 Å². The van der Waals surface area contributed by atoms with Gasteiger partial charge in [-0.15, -0.1) is 0 Å². The molecule has 5 heteroatoms. The van der Waals surface area contributed by atoms with E-state index in [1.807, 2.05) is 18.3 Å². The molecule has 0 spiro atoms. The number of rotatable bonds is 11. The number of pyridine rings is 1. The lowest BCUT2D eigenvalue weighted by molar-refractivity contribution is -0.108. The van der Waals surface area contributed by atoms with Crippen molar-refractivity contribution in [3.8, 4) is 22.4 Å². The molecular weight excluding hydrogens is 482 g/mol. The highest BCUT2D eigenvalue weighted by molar-refractivity contribution is 5.95. The Labute approximate surface area is 233 Å². The molecule has 39 heavy (non-hydrogen) atoms. The van der Waals surface area contributed by atoms with Crippen LogP contribution in [-0.4, -0.2) is 29.0 Å². The number of aldehydes is 1. The molecule has 2 aromatic heterocycles. The van der Waals surface area contributed by atoms with E-state index in [0.29, 0.717) is 6.42 Å². The normalized spacial score (nSPS) is 13.5. The van der Waals surface area contributed by atoms with Crippen LogP contribution in [0.3, 0.4) is 0 Å². The van der Waals surface area contributed by atoms with E-state index in [-0.39, 0.29) is 11.5 Å². The number of methoxy groups -OCH3 is 1. The molecule has 0 amide bonds. The fourth-order valence-corrected chi connectivity index (χ4v) is 5.43. The second-order valence-electron chi connectivity index (χ2n) is 11.5. The van der Waals surface area contributed by atoms with Gasteiger partial charge in [-0.05, 0) is 85.0 Å². The molecule has 0 bridgehead atoms. The minimum atomic E-state index is -0.488.